The smallest absolute Gasteiger partial charge is 0.299 e. The molecule has 0 bridgehead atoms. The van der Waals surface area contributed by atoms with Gasteiger partial charge in [0.2, 0.25) is 0 Å². The molecule has 1 aromatic carbocycles. The molecule has 1 unspecified atom stereocenters. The second kappa shape index (κ2) is 6.95. The molecular weight excluding hydrogens is 347 g/mol. The zero-order chi connectivity index (χ0) is 19.9. The van der Waals surface area contributed by atoms with Gasteiger partial charge in [-0.1, -0.05) is 12.8 Å². The summed E-state index contributed by atoms with van der Waals surface area (Å²) in [6.07, 6.45) is 0. The molecule has 0 spiro atoms. The molecule has 1 aromatic heterocycles. The lowest BCUT2D eigenvalue weighted by Crippen LogP contribution is -2.51. The molecule has 7 heteroatoms. The van der Waals surface area contributed by atoms with Crippen molar-refractivity contribution in [1.82, 2.24) is 9.88 Å². The van der Waals surface area contributed by atoms with Gasteiger partial charge in [0.25, 0.3) is 11.8 Å². The molecule has 142 valence electrons. The van der Waals surface area contributed by atoms with Crippen molar-refractivity contribution < 1.29 is 14.0 Å². The van der Waals surface area contributed by atoms with Crippen LogP contribution in [0.2, 0.25) is 0 Å². The fourth-order valence-electron chi connectivity index (χ4n) is 3.73. The molecule has 2 heterocycles. The van der Waals surface area contributed by atoms with Gasteiger partial charge in [0.1, 0.15) is 5.82 Å². The SMILES string of the molecule is CC#CC(=O)N1CC(C)CN(c2c(F)cc(C(N)=O)c3[nH]c(C)c(C)c23)C1. The van der Waals surface area contributed by atoms with E-state index in [9.17, 15) is 9.59 Å². The molecule has 1 fully saturated rings. The van der Waals surface area contributed by atoms with Crippen molar-refractivity contribution in [3.63, 3.8) is 0 Å². The number of carbonyl (C=O) groups is 2. The second-order valence-corrected chi connectivity index (χ2v) is 7.12. The van der Waals surface area contributed by atoms with Crippen molar-refractivity contribution in [1.29, 1.82) is 0 Å². The van der Waals surface area contributed by atoms with Crippen molar-refractivity contribution in [2.45, 2.75) is 27.7 Å². The van der Waals surface area contributed by atoms with Crippen LogP contribution in [-0.4, -0.2) is 41.5 Å². The van der Waals surface area contributed by atoms with Gasteiger partial charge in [-0.3, -0.25) is 9.59 Å². The summed E-state index contributed by atoms with van der Waals surface area (Å²) in [6.45, 7) is 8.76. The Hall–Kier alpha value is -3.01. The molecular formula is C20H23FN4O2. The van der Waals surface area contributed by atoms with E-state index in [2.05, 4.69) is 16.8 Å². The lowest BCUT2D eigenvalue weighted by molar-refractivity contribution is -0.126. The maximum absolute atomic E-state index is 15.1. The lowest BCUT2D eigenvalue weighted by atomic mass is 10.0. The highest BCUT2D eigenvalue weighted by Crippen LogP contribution is 2.37. The number of aromatic amines is 1. The van der Waals surface area contributed by atoms with Gasteiger partial charge in [-0.05, 0) is 44.2 Å². The van der Waals surface area contributed by atoms with Crippen molar-refractivity contribution in [3.8, 4) is 11.8 Å². The Balaban J connectivity index is 2.17. The largest absolute Gasteiger partial charge is 0.366 e. The molecule has 27 heavy (non-hydrogen) atoms. The van der Waals surface area contributed by atoms with Crippen LogP contribution in [0.25, 0.3) is 10.9 Å². The molecule has 0 saturated carbocycles. The number of halogens is 1. The Morgan fingerprint density at radius 2 is 2.04 bits per heavy atom. The van der Waals surface area contributed by atoms with E-state index in [1.807, 2.05) is 25.7 Å². The van der Waals surface area contributed by atoms with Gasteiger partial charge >= 0.3 is 0 Å². The van der Waals surface area contributed by atoms with Gasteiger partial charge < -0.3 is 20.5 Å². The number of hydrogen-bond acceptors (Lipinski definition) is 3. The van der Waals surface area contributed by atoms with Crippen molar-refractivity contribution >= 4 is 28.4 Å². The van der Waals surface area contributed by atoms with E-state index in [0.29, 0.717) is 29.7 Å². The Morgan fingerprint density at radius 3 is 2.67 bits per heavy atom. The first-order valence-electron chi connectivity index (χ1n) is 8.82. The van der Waals surface area contributed by atoms with Crippen molar-refractivity contribution in [2.75, 3.05) is 24.7 Å². The highest BCUT2D eigenvalue weighted by atomic mass is 19.1. The van der Waals surface area contributed by atoms with E-state index in [1.54, 1.807) is 11.8 Å². The number of benzene rings is 1. The van der Waals surface area contributed by atoms with Crippen LogP contribution in [0.15, 0.2) is 6.07 Å². The molecule has 1 atom stereocenters. The zero-order valence-corrected chi connectivity index (χ0v) is 15.9. The van der Waals surface area contributed by atoms with Crippen LogP contribution in [0.4, 0.5) is 10.1 Å². The highest BCUT2D eigenvalue weighted by Gasteiger charge is 2.30. The van der Waals surface area contributed by atoms with Crippen molar-refractivity contribution in [2.24, 2.45) is 11.7 Å². The minimum atomic E-state index is -0.686. The minimum absolute atomic E-state index is 0.122. The predicted octanol–water partition coefficient (Wildman–Crippen LogP) is 2.29. The van der Waals surface area contributed by atoms with E-state index in [1.165, 1.54) is 6.07 Å². The first kappa shape index (κ1) is 18.8. The minimum Gasteiger partial charge on any atom is -0.366 e. The number of aromatic nitrogens is 1. The Morgan fingerprint density at radius 1 is 1.33 bits per heavy atom. The molecule has 3 N–H and O–H groups in total. The molecule has 1 aliphatic heterocycles. The average molecular weight is 370 g/mol. The van der Waals surface area contributed by atoms with Crippen LogP contribution in [0.3, 0.4) is 0 Å². The van der Waals surface area contributed by atoms with E-state index in [0.717, 1.165) is 11.3 Å². The highest BCUT2D eigenvalue weighted by molar-refractivity contribution is 6.10. The summed E-state index contributed by atoms with van der Waals surface area (Å²) in [5, 5.41) is 0.629. The lowest BCUT2D eigenvalue weighted by Gasteiger charge is -2.40. The number of rotatable bonds is 2. The first-order chi connectivity index (χ1) is 12.7. The van der Waals surface area contributed by atoms with Crippen LogP contribution >= 0.6 is 0 Å². The maximum atomic E-state index is 15.1. The van der Waals surface area contributed by atoms with Gasteiger partial charge in [0.05, 0.1) is 23.4 Å². The standard InChI is InChI=1S/C20H23FN4O2/c1-5-6-16(26)24-8-11(2)9-25(10-24)19-15(21)7-14(20(22)27)18-17(19)12(3)13(4)23-18/h7,11,23H,8-10H2,1-4H3,(H2,22,27). The number of primary amides is 1. The van der Waals surface area contributed by atoms with Gasteiger partial charge in [-0.2, -0.15) is 0 Å². The van der Waals surface area contributed by atoms with Crippen LogP contribution in [-0.2, 0) is 4.79 Å². The zero-order valence-electron chi connectivity index (χ0n) is 15.9. The van der Waals surface area contributed by atoms with E-state index in [4.69, 9.17) is 5.73 Å². The summed E-state index contributed by atoms with van der Waals surface area (Å²) in [6, 6.07) is 1.17. The molecule has 1 saturated heterocycles. The van der Waals surface area contributed by atoms with Crippen molar-refractivity contribution in [3.05, 3.63) is 28.7 Å². The quantitative estimate of drug-likeness (QED) is 0.796. The molecule has 2 aromatic rings. The molecule has 0 aliphatic carbocycles. The Bertz CT molecular complexity index is 999. The number of hydrogen-bond donors (Lipinski definition) is 2. The third-order valence-electron chi connectivity index (χ3n) is 5.01. The summed E-state index contributed by atoms with van der Waals surface area (Å²) in [5.74, 6) is 3.82. The normalized spacial score (nSPS) is 17.0. The number of carbonyl (C=O) groups excluding carboxylic acids is 2. The van der Waals surface area contributed by atoms with E-state index in [-0.39, 0.29) is 24.1 Å². The number of nitrogens with zero attached hydrogens (tertiary/aromatic N) is 2. The topological polar surface area (TPSA) is 82.4 Å². The van der Waals surface area contributed by atoms with Gasteiger partial charge in [-0.15, -0.1) is 0 Å². The Labute approximate surface area is 157 Å². The summed E-state index contributed by atoms with van der Waals surface area (Å²) in [5.41, 5.74) is 8.17. The molecule has 0 radical (unpaired) electrons. The average Bonchev–Trinajstić information content (AvgIpc) is 2.89. The number of anilines is 1. The summed E-state index contributed by atoms with van der Waals surface area (Å²) >= 11 is 0. The third kappa shape index (κ3) is 3.23. The summed E-state index contributed by atoms with van der Waals surface area (Å²) in [7, 11) is 0. The molecule has 3 rings (SSSR count). The molecule has 6 nitrogen and oxygen atoms in total. The number of H-pyrrole nitrogens is 1. The van der Waals surface area contributed by atoms with Gasteiger partial charge in [0.15, 0.2) is 0 Å². The van der Waals surface area contributed by atoms with Crippen LogP contribution in [0.1, 0.15) is 35.5 Å². The van der Waals surface area contributed by atoms with E-state index >= 15 is 4.39 Å². The second-order valence-electron chi connectivity index (χ2n) is 7.12. The molecule has 2 amide bonds. The Kier molecular flexibility index (Phi) is 4.83. The monoisotopic (exact) mass is 370 g/mol. The van der Waals surface area contributed by atoms with Gasteiger partial charge in [-0.25, -0.2) is 4.39 Å². The number of amides is 2. The maximum Gasteiger partial charge on any atom is 0.299 e. The van der Waals surface area contributed by atoms with Gasteiger partial charge in [0, 0.05) is 24.2 Å². The summed E-state index contributed by atoms with van der Waals surface area (Å²) < 4.78 is 15.1. The first-order valence-corrected chi connectivity index (χ1v) is 8.82. The molecule has 1 aliphatic rings. The van der Waals surface area contributed by atoms with Crippen LogP contribution in [0.5, 0.6) is 0 Å². The number of nitrogens with two attached hydrogens (primary N) is 1. The number of fused-ring (bicyclic) bond motifs is 1. The fraction of sp³-hybridized carbons (Fsp3) is 0.400. The third-order valence-corrected chi connectivity index (χ3v) is 5.01. The predicted molar refractivity (Wildman–Crippen MR) is 103 cm³/mol. The fourth-order valence-corrected chi connectivity index (χ4v) is 3.73. The number of aryl methyl sites for hydroxylation is 2. The summed E-state index contributed by atoms with van der Waals surface area (Å²) in [4.78, 5) is 30.7. The number of nitrogens with one attached hydrogen (secondary N) is 1. The van der Waals surface area contributed by atoms with E-state index < -0.39 is 11.7 Å². The van der Waals surface area contributed by atoms with Crippen LogP contribution in [0, 0.1) is 37.4 Å². The van der Waals surface area contributed by atoms with Crippen LogP contribution < -0.4 is 10.6 Å².